The number of likely N-dealkylation sites (N-methyl/N-ethyl adjacent to an activating group) is 1. The second-order valence-corrected chi connectivity index (χ2v) is 13.8. The summed E-state index contributed by atoms with van der Waals surface area (Å²) < 4.78 is 66.0. The average molecular weight is 871 g/mol. The lowest BCUT2D eigenvalue weighted by Crippen LogP contribution is -2.32. The van der Waals surface area contributed by atoms with E-state index in [0.29, 0.717) is 152 Å². The van der Waals surface area contributed by atoms with Crippen molar-refractivity contribution in [3.8, 4) is 11.1 Å². The number of hydrogen-bond donors (Lipinski definition) is 1. The van der Waals surface area contributed by atoms with Crippen LogP contribution in [0, 0.1) is 0 Å². The largest absolute Gasteiger partial charge is 0.448 e. The van der Waals surface area contributed by atoms with E-state index in [-0.39, 0.29) is 18.6 Å². The molecule has 0 spiro atoms. The highest BCUT2D eigenvalue weighted by Crippen LogP contribution is 2.44. The number of hydrogen-bond acceptors (Lipinski definition) is 14. The van der Waals surface area contributed by atoms with E-state index in [0.717, 1.165) is 5.56 Å². The Morgan fingerprint density at radius 3 is 1.27 bits per heavy atom. The fourth-order valence-corrected chi connectivity index (χ4v) is 6.08. The number of carbonyl (C=O) groups is 2. The number of benzene rings is 3. The van der Waals surface area contributed by atoms with Crippen LogP contribution in [-0.2, 0) is 63.4 Å². The van der Waals surface area contributed by atoms with Crippen molar-refractivity contribution >= 4 is 12.2 Å². The monoisotopic (exact) mass is 870 g/mol. The lowest BCUT2D eigenvalue weighted by Gasteiger charge is -2.19. The van der Waals surface area contributed by atoms with Crippen molar-refractivity contribution in [1.82, 2.24) is 10.2 Å². The summed E-state index contributed by atoms with van der Waals surface area (Å²) in [5.41, 5.74) is 5.72. The Labute approximate surface area is 366 Å². The van der Waals surface area contributed by atoms with Crippen LogP contribution in [0.2, 0.25) is 0 Å². The van der Waals surface area contributed by atoms with E-state index in [1.54, 1.807) is 7.05 Å². The van der Waals surface area contributed by atoms with Gasteiger partial charge >= 0.3 is 12.2 Å². The second-order valence-electron chi connectivity index (χ2n) is 13.8. The van der Waals surface area contributed by atoms with Crippen molar-refractivity contribution in [2.24, 2.45) is 0 Å². The minimum Gasteiger partial charge on any atom is -0.448 e. The van der Waals surface area contributed by atoms with Crippen molar-refractivity contribution in [3.05, 3.63) is 95.6 Å². The van der Waals surface area contributed by atoms with Crippen LogP contribution < -0.4 is 5.32 Å². The van der Waals surface area contributed by atoms with Gasteiger partial charge in [0.25, 0.3) is 0 Å². The Balaban J connectivity index is 0.782. The number of ether oxygens (including phenoxy) is 12. The van der Waals surface area contributed by atoms with Crippen LogP contribution in [-0.4, -0.2) is 176 Å². The second kappa shape index (κ2) is 33.4. The minimum absolute atomic E-state index is 0.0330. The maximum absolute atomic E-state index is 12.6. The maximum Gasteiger partial charge on any atom is 0.409 e. The van der Waals surface area contributed by atoms with Gasteiger partial charge < -0.3 is 67.1 Å². The van der Waals surface area contributed by atoms with Crippen molar-refractivity contribution in [2.45, 2.75) is 12.5 Å². The summed E-state index contributed by atoms with van der Waals surface area (Å²) >= 11 is 0. The molecule has 0 saturated carbocycles. The van der Waals surface area contributed by atoms with Gasteiger partial charge in [-0.15, -0.1) is 0 Å². The molecule has 16 nitrogen and oxygen atoms in total. The van der Waals surface area contributed by atoms with Crippen molar-refractivity contribution in [3.63, 3.8) is 0 Å². The third-order valence-corrected chi connectivity index (χ3v) is 9.30. The minimum atomic E-state index is -0.474. The number of nitrogens with zero attached hydrogens (tertiary/aromatic N) is 1. The van der Waals surface area contributed by atoms with Crippen LogP contribution >= 0.6 is 0 Å². The summed E-state index contributed by atoms with van der Waals surface area (Å²) in [4.78, 5) is 25.8. The van der Waals surface area contributed by atoms with E-state index in [1.165, 1.54) is 27.2 Å². The SMILES string of the molecule is CN(CCOCCOCCOCCOCCOCCOCCOCCOCCOCCOCCNC(=O)OCc1ccccc1)C(=O)OCC1c2ccccc2-c2ccccc21. The first kappa shape index (κ1) is 50.4. The van der Waals surface area contributed by atoms with Crippen LogP contribution in [0.3, 0.4) is 0 Å². The zero-order chi connectivity index (χ0) is 43.6. The van der Waals surface area contributed by atoms with Gasteiger partial charge in [-0.1, -0.05) is 78.9 Å². The van der Waals surface area contributed by atoms with Crippen LogP contribution in [0.5, 0.6) is 0 Å². The van der Waals surface area contributed by atoms with Gasteiger partial charge in [0.05, 0.1) is 132 Å². The van der Waals surface area contributed by atoms with E-state index < -0.39 is 6.09 Å². The molecule has 0 saturated heterocycles. The molecule has 2 amide bonds. The topological polar surface area (TPSA) is 160 Å². The molecule has 0 bridgehead atoms. The van der Waals surface area contributed by atoms with E-state index in [9.17, 15) is 9.59 Å². The molecule has 1 aliphatic carbocycles. The molecular weight excluding hydrogens is 805 g/mol. The molecule has 0 aliphatic heterocycles. The Bertz CT molecular complexity index is 1560. The predicted octanol–water partition coefficient (Wildman–Crippen LogP) is 4.96. The van der Waals surface area contributed by atoms with Crippen LogP contribution in [0.4, 0.5) is 9.59 Å². The average Bonchev–Trinajstić information content (AvgIpc) is 3.62. The molecule has 0 radical (unpaired) electrons. The molecule has 0 unspecified atom stereocenters. The molecule has 62 heavy (non-hydrogen) atoms. The zero-order valence-electron chi connectivity index (χ0n) is 36.2. The lowest BCUT2D eigenvalue weighted by atomic mass is 9.98. The summed E-state index contributed by atoms with van der Waals surface area (Å²) in [5, 5.41) is 2.64. The van der Waals surface area contributed by atoms with E-state index >= 15 is 0 Å². The smallest absolute Gasteiger partial charge is 0.409 e. The molecule has 4 rings (SSSR count). The summed E-state index contributed by atoms with van der Waals surface area (Å²) in [6.45, 7) is 10.4. The van der Waals surface area contributed by atoms with Gasteiger partial charge in [0.1, 0.15) is 13.2 Å². The van der Waals surface area contributed by atoms with Gasteiger partial charge in [-0.2, -0.15) is 0 Å². The molecule has 0 aromatic heterocycles. The molecule has 344 valence electrons. The summed E-state index contributed by atoms with van der Waals surface area (Å²) in [5.74, 6) is 0.0330. The van der Waals surface area contributed by atoms with Gasteiger partial charge in [-0.05, 0) is 27.8 Å². The fourth-order valence-electron chi connectivity index (χ4n) is 6.08. The highest BCUT2D eigenvalue weighted by atomic mass is 16.6. The standard InChI is InChI=1S/C46H66N2O14/c1-48(46(50)62-38-44-42-13-7-5-11-40(42)41-12-6-8-14-43(41)44)16-18-52-20-22-54-24-26-56-28-30-58-32-34-60-36-35-59-33-31-57-29-27-55-25-23-53-21-19-51-17-15-47-45(49)61-37-39-9-3-2-4-10-39/h2-14,44H,15-38H2,1H3,(H,47,49). The lowest BCUT2D eigenvalue weighted by molar-refractivity contribution is -0.0265. The van der Waals surface area contributed by atoms with E-state index in [1.807, 2.05) is 54.6 Å². The van der Waals surface area contributed by atoms with Gasteiger partial charge in [0, 0.05) is 26.1 Å². The predicted molar refractivity (Wildman–Crippen MR) is 231 cm³/mol. The van der Waals surface area contributed by atoms with Crippen LogP contribution in [0.15, 0.2) is 78.9 Å². The quantitative estimate of drug-likeness (QED) is 0.0775. The third kappa shape index (κ3) is 21.7. The molecular formula is C46H66N2O14. The molecule has 0 heterocycles. The molecule has 0 fully saturated rings. The molecule has 0 atom stereocenters. The van der Waals surface area contributed by atoms with Crippen molar-refractivity contribution < 1.29 is 66.4 Å². The van der Waals surface area contributed by atoms with Gasteiger partial charge in [0.2, 0.25) is 0 Å². The number of nitrogens with one attached hydrogen (secondary N) is 1. The third-order valence-electron chi connectivity index (χ3n) is 9.30. The summed E-state index contributed by atoms with van der Waals surface area (Å²) in [7, 11) is 1.71. The fraction of sp³-hybridized carbons (Fsp3) is 0.565. The molecule has 16 heteroatoms. The highest BCUT2D eigenvalue weighted by molar-refractivity contribution is 5.79. The molecule has 3 aromatic carbocycles. The van der Waals surface area contributed by atoms with Crippen LogP contribution in [0.25, 0.3) is 11.1 Å². The zero-order valence-corrected chi connectivity index (χ0v) is 36.2. The van der Waals surface area contributed by atoms with Crippen LogP contribution in [0.1, 0.15) is 22.6 Å². The van der Waals surface area contributed by atoms with Gasteiger partial charge in [-0.3, -0.25) is 0 Å². The van der Waals surface area contributed by atoms with Gasteiger partial charge in [-0.25, -0.2) is 9.59 Å². The van der Waals surface area contributed by atoms with E-state index in [2.05, 4.69) is 29.6 Å². The maximum atomic E-state index is 12.6. The first-order valence-corrected chi connectivity index (χ1v) is 21.4. The summed E-state index contributed by atoms with van der Waals surface area (Å²) in [6, 6.07) is 26.1. The number of carbonyl (C=O) groups excluding carboxylic acids is 2. The Morgan fingerprint density at radius 2 is 0.839 bits per heavy atom. The molecule has 3 aromatic rings. The number of rotatable bonds is 37. The first-order valence-electron chi connectivity index (χ1n) is 21.4. The number of amides is 2. The first-order chi connectivity index (χ1) is 30.6. The number of fused-ring (bicyclic) bond motifs is 3. The Hall–Kier alpha value is -4.20. The van der Waals surface area contributed by atoms with Crippen molar-refractivity contribution in [1.29, 1.82) is 0 Å². The summed E-state index contributed by atoms with van der Waals surface area (Å²) in [6.07, 6.45) is -0.843. The molecule has 1 N–H and O–H groups in total. The van der Waals surface area contributed by atoms with E-state index in [4.69, 9.17) is 56.8 Å². The van der Waals surface area contributed by atoms with Gasteiger partial charge in [0.15, 0.2) is 0 Å². The van der Waals surface area contributed by atoms with Crippen molar-refractivity contribution in [2.75, 3.05) is 159 Å². The highest BCUT2D eigenvalue weighted by Gasteiger charge is 2.29. The Morgan fingerprint density at radius 1 is 0.468 bits per heavy atom. The Kier molecular flexibility index (Phi) is 27.2. The normalized spacial score (nSPS) is 12.0. The number of alkyl carbamates (subject to hydrolysis) is 1. The molecule has 1 aliphatic rings.